The zero-order valence-corrected chi connectivity index (χ0v) is 19.0. The van der Waals surface area contributed by atoms with Gasteiger partial charge in [-0.05, 0) is 5.56 Å². The first-order valence-corrected chi connectivity index (χ1v) is 9.65. The van der Waals surface area contributed by atoms with Crippen LogP contribution in [0.2, 0.25) is 0 Å². The van der Waals surface area contributed by atoms with Crippen molar-refractivity contribution in [2.45, 2.75) is 36.3 Å². The molecule has 1 heterocycles. The fourth-order valence-electron chi connectivity index (χ4n) is 2.25. The van der Waals surface area contributed by atoms with Crippen LogP contribution in [0.3, 0.4) is 0 Å². The van der Waals surface area contributed by atoms with Gasteiger partial charge in [0.1, 0.15) is 34.9 Å². The second-order valence-electron chi connectivity index (χ2n) is 5.45. The van der Waals surface area contributed by atoms with Gasteiger partial charge in [0, 0.05) is 6.42 Å². The molecule has 0 aliphatic carbocycles. The summed E-state index contributed by atoms with van der Waals surface area (Å²) in [6.45, 7) is -0.612. The van der Waals surface area contributed by atoms with E-state index in [9.17, 15) is 33.4 Å². The van der Waals surface area contributed by atoms with E-state index in [1.165, 1.54) is 0 Å². The minimum absolute atomic E-state index is 0. The van der Waals surface area contributed by atoms with Crippen molar-refractivity contribution in [1.29, 1.82) is 0 Å². The molecule has 0 radical (unpaired) electrons. The average Bonchev–Trinajstić information content (AvgIpc) is 2.60. The number of rotatable bonds is 6. The summed E-state index contributed by atoms with van der Waals surface area (Å²) >= 11 is 0.701. The number of hydrogen-bond donors (Lipinski definition) is 4. The third-order valence-corrected chi connectivity index (χ3v) is 4.90. The Morgan fingerprint density at radius 3 is 2.37 bits per heavy atom. The SMILES string of the molecule is O=S(=O)([O-])O/N=C(\Cc1ccccc1)S[C@@H]1O[C@H](CO)[C@@H](O)[C@H](O)[C@H]1O.[K+]. The van der Waals surface area contributed by atoms with Crippen LogP contribution in [0.4, 0.5) is 0 Å². The number of nitrogens with zero attached hydrogens (tertiary/aromatic N) is 1. The van der Waals surface area contributed by atoms with Gasteiger partial charge in [-0.15, -0.1) is 0 Å². The van der Waals surface area contributed by atoms with Crippen molar-refractivity contribution in [2.24, 2.45) is 5.16 Å². The molecule has 0 saturated carbocycles. The third kappa shape index (κ3) is 7.96. The molecule has 27 heavy (non-hydrogen) atoms. The number of aliphatic hydroxyl groups is 4. The average molecular weight is 448 g/mol. The second kappa shape index (κ2) is 11.5. The zero-order chi connectivity index (χ0) is 19.3. The molecule has 1 aromatic carbocycles. The van der Waals surface area contributed by atoms with Crippen LogP contribution in [-0.4, -0.2) is 74.9 Å². The summed E-state index contributed by atoms with van der Waals surface area (Å²) in [7, 11) is -5.08. The van der Waals surface area contributed by atoms with E-state index in [0.717, 1.165) is 0 Å². The van der Waals surface area contributed by atoms with Crippen molar-refractivity contribution in [3.05, 3.63) is 35.9 Å². The second-order valence-corrected chi connectivity index (χ2v) is 7.58. The van der Waals surface area contributed by atoms with Gasteiger partial charge in [-0.2, -0.15) is 8.42 Å². The van der Waals surface area contributed by atoms with Gasteiger partial charge in [0.25, 0.3) is 10.4 Å². The summed E-state index contributed by atoms with van der Waals surface area (Å²) in [5, 5.41) is 42.1. The number of oxime groups is 1. The van der Waals surface area contributed by atoms with Gasteiger partial charge in [-0.1, -0.05) is 47.2 Å². The summed E-state index contributed by atoms with van der Waals surface area (Å²) in [6, 6.07) is 8.67. The van der Waals surface area contributed by atoms with Gasteiger partial charge >= 0.3 is 51.4 Å². The number of benzene rings is 1. The first-order chi connectivity index (χ1) is 12.2. The Bertz CT molecular complexity index is 717. The maximum atomic E-state index is 10.7. The van der Waals surface area contributed by atoms with E-state index in [1.54, 1.807) is 30.3 Å². The topological polar surface area (TPSA) is 169 Å². The van der Waals surface area contributed by atoms with Crippen LogP contribution < -0.4 is 51.4 Å². The normalized spacial score (nSPS) is 29.1. The van der Waals surface area contributed by atoms with Gasteiger partial charge in [0.15, 0.2) is 0 Å². The molecule has 0 amide bonds. The molecule has 0 unspecified atom stereocenters. The monoisotopic (exact) mass is 447 g/mol. The van der Waals surface area contributed by atoms with Crippen LogP contribution in [0.15, 0.2) is 35.5 Å². The fourth-order valence-corrected chi connectivity index (χ4v) is 3.58. The van der Waals surface area contributed by atoms with Gasteiger partial charge in [-0.3, -0.25) is 4.28 Å². The van der Waals surface area contributed by atoms with Crippen LogP contribution in [0.5, 0.6) is 0 Å². The standard InChI is InChI=1S/C14H19NO9S2.K/c16-7-9-11(17)12(18)13(19)14(23-9)25-10(15-24-26(20,21)22)6-8-4-2-1-3-5-8;/h1-5,9,11-14,16-19H,6-7H2,(H,20,21,22);/q;+1/p-1/b15-10+;/t9-,11-,12+,13-,14+;/m1./s1. The Morgan fingerprint density at radius 2 is 1.81 bits per heavy atom. The molecule has 0 aromatic heterocycles. The van der Waals surface area contributed by atoms with E-state index < -0.39 is 46.9 Å². The third-order valence-electron chi connectivity index (χ3n) is 3.53. The Kier molecular flexibility index (Phi) is 10.9. The predicted molar refractivity (Wildman–Crippen MR) is 89.7 cm³/mol. The molecule has 10 nitrogen and oxygen atoms in total. The van der Waals surface area contributed by atoms with Gasteiger partial charge < -0.3 is 29.7 Å². The molecule has 5 atom stereocenters. The Hall–Kier alpha value is 0.386. The van der Waals surface area contributed by atoms with Crippen LogP contribution in [0, 0.1) is 0 Å². The van der Waals surface area contributed by atoms with E-state index in [-0.39, 0.29) is 62.8 Å². The number of ether oxygens (including phenoxy) is 1. The molecule has 0 spiro atoms. The van der Waals surface area contributed by atoms with Gasteiger partial charge in [0.2, 0.25) is 0 Å². The van der Waals surface area contributed by atoms with Crippen molar-refractivity contribution in [3.8, 4) is 0 Å². The quantitative estimate of drug-likeness (QED) is 0.0833. The maximum Gasteiger partial charge on any atom is 1.00 e. The minimum Gasteiger partial charge on any atom is -0.714 e. The Morgan fingerprint density at radius 1 is 1.19 bits per heavy atom. The zero-order valence-electron chi connectivity index (χ0n) is 14.3. The van der Waals surface area contributed by atoms with Crippen molar-refractivity contribution in [1.82, 2.24) is 0 Å². The van der Waals surface area contributed by atoms with Crippen molar-refractivity contribution in [2.75, 3.05) is 6.61 Å². The summed E-state index contributed by atoms with van der Waals surface area (Å²) in [4.78, 5) is 0. The minimum atomic E-state index is -5.08. The van der Waals surface area contributed by atoms with E-state index in [2.05, 4.69) is 9.44 Å². The van der Waals surface area contributed by atoms with Crippen molar-refractivity contribution >= 4 is 27.2 Å². The summed E-state index contributed by atoms with van der Waals surface area (Å²) in [6.07, 6.45) is -5.76. The summed E-state index contributed by atoms with van der Waals surface area (Å²) < 4.78 is 41.2. The van der Waals surface area contributed by atoms with Gasteiger partial charge in [-0.25, -0.2) is 0 Å². The molecule has 13 heteroatoms. The van der Waals surface area contributed by atoms with Crippen molar-refractivity contribution in [3.63, 3.8) is 0 Å². The molecule has 1 aliphatic rings. The number of hydrogen-bond acceptors (Lipinski definition) is 11. The molecule has 146 valence electrons. The summed E-state index contributed by atoms with van der Waals surface area (Å²) in [5.41, 5.74) is -0.485. The molecule has 2 rings (SSSR count). The van der Waals surface area contributed by atoms with Crippen LogP contribution in [0.25, 0.3) is 0 Å². The van der Waals surface area contributed by atoms with E-state index in [1.807, 2.05) is 0 Å². The first-order valence-electron chi connectivity index (χ1n) is 7.43. The molecule has 1 aromatic rings. The van der Waals surface area contributed by atoms with E-state index in [4.69, 9.17) is 4.74 Å². The Labute approximate surface area is 202 Å². The van der Waals surface area contributed by atoms with Crippen LogP contribution in [0.1, 0.15) is 5.56 Å². The van der Waals surface area contributed by atoms with E-state index >= 15 is 0 Å². The van der Waals surface area contributed by atoms with Crippen molar-refractivity contribution < 1.29 is 93.8 Å². The molecule has 4 N–H and O–H groups in total. The summed E-state index contributed by atoms with van der Waals surface area (Å²) in [5.74, 6) is 0. The van der Waals surface area contributed by atoms with Crippen LogP contribution in [-0.2, 0) is 25.8 Å². The largest absolute Gasteiger partial charge is 1.00 e. The first kappa shape index (κ1) is 25.4. The number of thioether (sulfide) groups is 1. The van der Waals surface area contributed by atoms with Gasteiger partial charge in [0.05, 0.1) is 6.61 Å². The molecular weight excluding hydrogens is 429 g/mol. The molecular formula is C14H18KNO9S2. The smallest absolute Gasteiger partial charge is 0.714 e. The fraction of sp³-hybridized carbons (Fsp3) is 0.500. The molecule has 1 aliphatic heterocycles. The molecule has 1 saturated heterocycles. The Balaban J connectivity index is 0.00000364. The molecule has 1 fully saturated rings. The van der Waals surface area contributed by atoms with E-state index in [0.29, 0.717) is 17.3 Å². The predicted octanol–water partition coefficient (Wildman–Crippen LogP) is -4.44. The maximum absolute atomic E-state index is 10.7. The molecule has 0 bridgehead atoms. The number of aliphatic hydroxyl groups excluding tert-OH is 4. The van der Waals surface area contributed by atoms with Crippen LogP contribution >= 0.6 is 11.8 Å².